The first kappa shape index (κ1) is 31.3. The van der Waals surface area contributed by atoms with Gasteiger partial charge in [-0.1, -0.05) is 56.3 Å². The molecule has 1 aliphatic carbocycles. The molecule has 8 nitrogen and oxygen atoms in total. The van der Waals surface area contributed by atoms with Gasteiger partial charge in [0.25, 0.3) is 0 Å². The molecule has 0 spiro atoms. The van der Waals surface area contributed by atoms with Crippen LogP contribution in [0.5, 0.6) is 5.75 Å². The molecule has 0 radical (unpaired) electrons. The van der Waals surface area contributed by atoms with E-state index in [-0.39, 0.29) is 17.8 Å². The van der Waals surface area contributed by atoms with Crippen LogP contribution in [0.2, 0.25) is 0 Å². The largest absolute Gasteiger partial charge is 0.573 e. The second kappa shape index (κ2) is 13.0. The Morgan fingerprint density at radius 2 is 1.78 bits per heavy atom. The molecule has 46 heavy (non-hydrogen) atoms. The number of rotatable bonds is 7. The highest BCUT2D eigenvalue weighted by molar-refractivity contribution is 7.07. The zero-order valence-electron chi connectivity index (χ0n) is 25.5. The van der Waals surface area contributed by atoms with Crippen molar-refractivity contribution in [1.82, 2.24) is 24.6 Å². The number of nitrogens with one attached hydrogen (secondary N) is 1. The van der Waals surface area contributed by atoms with Crippen LogP contribution in [0.3, 0.4) is 0 Å². The summed E-state index contributed by atoms with van der Waals surface area (Å²) in [5, 5.41) is 9.63. The smallest absolute Gasteiger partial charge is 0.406 e. The number of thiazole rings is 1. The first-order valence-electron chi connectivity index (χ1n) is 15.0. The number of carbonyl (C=O) groups is 1. The molecule has 3 aromatic carbocycles. The van der Waals surface area contributed by atoms with Gasteiger partial charge in [-0.15, -0.1) is 29.6 Å². The van der Waals surface area contributed by atoms with E-state index in [9.17, 15) is 18.0 Å². The fourth-order valence-corrected chi connectivity index (χ4v) is 6.74. The summed E-state index contributed by atoms with van der Waals surface area (Å²) in [6.45, 7) is 6.34. The monoisotopic (exact) mass is 646 g/mol. The molecule has 2 aromatic heterocycles. The highest BCUT2D eigenvalue weighted by Crippen LogP contribution is 2.35. The fourth-order valence-electron chi connectivity index (χ4n) is 5.88. The van der Waals surface area contributed by atoms with Crippen LogP contribution >= 0.6 is 11.3 Å². The van der Waals surface area contributed by atoms with Gasteiger partial charge >= 0.3 is 12.4 Å². The molecule has 238 valence electrons. The SMILES string of the molecule is Cc1cs/c(=N\C(=O)NC2CCC(c3ccc(-c4ncn(-c5ccc(OC(F)(F)F)cc5)n4)cc3)C2)n1-c1ccccc1C(C)C. The minimum Gasteiger partial charge on any atom is -0.406 e. The molecule has 12 heteroatoms. The third kappa shape index (κ3) is 7.07. The van der Waals surface area contributed by atoms with Gasteiger partial charge in [-0.05, 0) is 79.5 Å². The Hall–Kier alpha value is -4.71. The zero-order valence-corrected chi connectivity index (χ0v) is 26.3. The highest BCUT2D eigenvalue weighted by atomic mass is 32.1. The van der Waals surface area contributed by atoms with E-state index in [2.05, 4.69) is 67.8 Å². The van der Waals surface area contributed by atoms with E-state index in [0.29, 0.717) is 28.1 Å². The van der Waals surface area contributed by atoms with Crippen molar-refractivity contribution in [2.75, 3.05) is 0 Å². The van der Waals surface area contributed by atoms with Crippen molar-refractivity contribution in [1.29, 1.82) is 0 Å². The minimum absolute atomic E-state index is 0.0312. The lowest BCUT2D eigenvalue weighted by Gasteiger charge is -2.15. The first-order valence-corrected chi connectivity index (χ1v) is 15.9. The van der Waals surface area contributed by atoms with Crippen molar-refractivity contribution in [3.05, 3.63) is 106 Å². The van der Waals surface area contributed by atoms with E-state index in [4.69, 9.17) is 0 Å². The summed E-state index contributed by atoms with van der Waals surface area (Å²) in [4.78, 5) is 22.5. The summed E-state index contributed by atoms with van der Waals surface area (Å²) in [6.07, 6.45) is -0.593. The van der Waals surface area contributed by atoms with E-state index in [0.717, 1.165) is 36.2 Å². The molecule has 1 aliphatic rings. The number of hydrogen-bond donors (Lipinski definition) is 1. The highest BCUT2D eigenvalue weighted by Gasteiger charge is 2.31. The Bertz CT molecular complexity index is 1890. The number of hydrogen-bond acceptors (Lipinski definition) is 5. The Morgan fingerprint density at radius 1 is 1.04 bits per heavy atom. The number of amides is 2. The van der Waals surface area contributed by atoms with Gasteiger partial charge in [-0.3, -0.25) is 4.57 Å². The second-order valence-electron chi connectivity index (χ2n) is 11.7. The summed E-state index contributed by atoms with van der Waals surface area (Å²) in [6, 6.07) is 21.4. The standard InChI is InChI=1S/C34H33F3N6O2S/c1-21(2)29-6-4-5-7-30(29)43-22(3)19-46-33(43)40-32(44)39-26-13-12-25(18-26)23-8-10-24(11-9-23)31-38-20-42(41-31)27-14-16-28(17-15-27)45-34(35,36)37/h4-11,14-17,19-21,25-26H,12-13,18H2,1-3H3,(H,39,44)/b40-33-. The van der Waals surface area contributed by atoms with Crippen LogP contribution in [-0.4, -0.2) is 37.8 Å². The number of benzene rings is 3. The summed E-state index contributed by atoms with van der Waals surface area (Å²) in [5.41, 5.74) is 5.83. The van der Waals surface area contributed by atoms with Crippen LogP contribution < -0.4 is 14.9 Å². The number of ether oxygens (including phenoxy) is 1. The predicted octanol–water partition coefficient (Wildman–Crippen LogP) is 8.06. The molecule has 2 atom stereocenters. The average Bonchev–Trinajstić information content (AvgIpc) is 3.78. The van der Waals surface area contributed by atoms with E-state index < -0.39 is 6.36 Å². The van der Waals surface area contributed by atoms with Crippen LogP contribution in [0, 0.1) is 6.92 Å². The molecular formula is C34H33F3N6O2S. The maximum Gasteiger partial charge on any atom is 0.573 e. The first-order chi connectivity index (χ1) is 22.0. The van der Waals surface area contributed by atoms with Gasteiger partial charge in [0.05, 0.1) is 11.4 Å². The Balaban J connectivity index is 1.09. The van der Waals surface area contributed by atoms with Gasteiger partial charge in [0.15, 0.2) is 10.6 Å². The number of alkyl halides is 3. The molecule has 0 aliphatic heterocycles. The van der Waals surface area contributed by atoms with E-state index in [1.54, 1.807) is 0 Å². The van der Waals surface area contributed by atoms with Crippen molar-refractivity contribution in [2.45, 2.75) is 64.3 Å². The molecule has 1 N–H and O–H groups in total. The molecule has 2 heterocycles. The quantitative estimate of drug-likeness (QED) is 0.194. The lowest BCUT2D eigenvalue weighted by molar-refractivity contribution is -0.274. The molecule has 1 fully saturated rings. The third-order valence-corrected chi connectivity index (χ3v) is 9.05. The normalized spacial score (nSPS) is 17.1. The van der Waals surface area contributed by atoms with Crippen LogP contribution in [0.1, 0.15) is 61.8 Å². The van der Waals surface area contributed by atoms with Crippen LogP contribution in [-0.2, 0) is 0 Å². The van der Waals surface area contributed by atoms with Crippen LogP contribution in [0.25, 0.3) is 22.8 Å². The minimum atomic E-state index is -4.74. The Labute approximate surface area is 268 Å². The molecule has 2 amide bonds. The van der Waals surface area contributed by atoms with E-state index >= 15 is 0 Å². The number of para-hydroxylation sites is 1. The number of urea groups is 1. The molecule has 5 aromatic rings. The average molecular weight is 647 g/mol. The van der Waals surface area contributed by atoms with Gasteiger partial charge in [-0.25, -0.2) is 14.5 Å². The summed E-state index contributed by atoms with van der Waals surface area (Å²) in [5.74, 6) is 0.828. The molecule has 0 saturated heterocycles. The number of carbonyl (C=O) groups excluding carboxylic acids is 1. The predicted molar refractivity (Wildman–Crippen MR) is 170 cm³/mol. The van der Waals surface area contributed by atoms with Crippen molar-refractivity contribution < 1.29 is 22.7 Å². The van der Waals surface area contributed by atoms with Crippen LogP contribution in [0.15, 0.2) is 89.5 Å². The second-order valence-corrected chi connectivity index (χ2v) is 12.5. The fraction of sp³-hybridized carbons (Fsp3) is 0.294. The number of halogens is 3. The van der Waals surface area contributed by atoms with Crippen LogP contribution in [0.4, 0.5) is 18.0 Å². The summed E-state index contributed by atoms with van der Waals surface area (Å²) in [7, 11) is 0. The third-order valence-electron chi connectivity index (χ3n) is 8.10. The van der Waals surface area contributed by atoms with Crippen molar-refractivity contribution in [3.63, 3.8) is 0 Å². The van der Waals surface area contributed by atoms with Gasteiger partial charge in [0.1, 0.15) is 12.1 Å². The lowest BCUT2D eigenvalue weighted by Crippen LogP contribution is -2.32. The molecule has 1 saturated carbocycles. The molecular weight excluding hydrogens is 613 g/mol. The van der Waals surface area contributed by atoms with E-state index in [1.807, 2.05) is 36.6 Å². The van der Waals surface area contributed by atoms with Gasteiger partial charge in [0, 0.05) is 22.7 Å². The lowest BCUT2D eigenvalue weighted by atomic mass is 9.96. The van der Waals surface area contributed by atoms with E-state index in [1.165, 1.54) is 57.7 Å². The molecule has 0 bridgehead atoms. The van der Waals surface area contributed by atoms with Crippen molar-refractivity contribution >= 4 is 17.4 Å². The van der Waals surface area contributed by atoms with Crippen molar-refractivity contribution in [3.8, 4) is 28.5 Å². The van der Waals surface area contributed by atoms with Crippen molar-refractivity contribution in [2.24, 2.45) is 4.99 Å². The number of aromatic nitrogens is 4. The Morgan fingerprint density at radius 3 is 2.50 bits per heavy atom. The summed E-state index contributed by atoms with van der Waals surface area (Å²) >= 11 is 1.46. The molecule has 2 unspecified atom stereocenters. The summed E-state index contributed by atoms with van der Waals surface area (Å²) < 4.78 is 44.8. The maximum atomic E-state index is 13.0. The van der Waals surface area contributed by atoms with Gasteiger partial charge in [0.2, 0.25) is 0 Å². The van der Waals surface area contributed by atoms with Gasteiger partial charge < -0.3 is 10.1 Å². The number of aryl methyl sites for hydroxylation is 1. The Kier molecular flexibility index (Phi) is 8.81. The maximum absolute atomic E-state index is 13.0. The molecule has 6 rings (SSSR count). The zero-order chi connectivity index (χ0) is 32.4. The van der Waals surface area contributed by atoms with Gasteiger partial charge in [-0.2, -0.15) is 4.99 Å². The topological polar surface area (TPSA) is 86.3 Å². The number of nitrogens with zero attached hydrogens (tertiary/aromatic N) is 5.